The van der Waals surface area contributed by atoms with Gasteiger partial charge in [-0.2, -0.15) is 9.48 Å². The second-order valence-electron chi connectivity index (χ2n) is 4.46. The van der Waals surface area contributed by atoms with Crippen molar-refractivity contribution >= 4 is 40.4 Å². The molecule has 0 fully saturated rings. The first-order chi connectivity index (χ1) is 9.51. The highest BCUT2D eigenvalue weighted by Gasteiger charge is 2.48. The molecule has 1 atom stereocenters. The van der Waals surface area contributed by atoms with Crippen LogP contribution in [0.3, 0.4) is 0 Å². The minimum absolute atomic E-state index is 0.280. The minimum Gasteiger partial charge on any atom is -0.255 e. The van der Waals surface area contributed by atoms with Crippen molar-refractivity contribution in [1.29, 1.82) is 0 Å². The van der Waals surface area contributed by atoms with Gasteiger partial charge in [-0.15, -0.1) is 18.3 Å². The molecule has 3 amide bonds. The number of thioether (sulfide) groups is 1. The quantitative estimate of drug-likeness (QED) is 0.583. The molecule has 0 aliphatic carbocycles. The summed E-state index contributed by atoms with van der Waals surface area (Å²) in [6.45, 7) is 5.62. The van der Waals surface area contributed by atoms with E-state index in [9.17, 15) is 9.59 Å². The average molecular weight is 293 g/mol. The van der Waals surface area contributed by atoms with E-state index >= 15 is 0 Å². The van der Waals surface area contributed by atoms with Crippen LogP contribution in [0.1, 0.15) is 13.3 Å². The molecule has 0 saturated carbocycles. The number of imide groups is 1. The van der Waals surface area contributed by atoms with E-state index in [2.05, 4.69) is 16.6 Å². The largest absolute Gasteiger partial charge is 0.445 e. The van der Waals surface area contributed by atoms with Gasteiger partial charge in [0.1, 0.15) is 5.04 Å². The first-order valence-electron chi connectivity index (χ1n) is 6.33. The van der Waals surface area contributed by atoms with Crippen molar-refractivity contribution in [3.8, 4) is 0 Å². The van der Waals surface area contributed by atoms with Crippen LogP contribution < -0.4 is 0 Å². The van der Waals surface area contributed by atoms with Crippen LogP contribution in [0.4, 0.5) is 4.79 Å². The Bertz CT molecular complexity index is 577. The molecule has 106 valence electrons. The Morgan fingerprint density at radius 1 is 1.45 bits per heavy atom. The second-order valence-corrected chi connectivity index (χ2v) is 5.50. The monoisotopic (exact) mass is 293 g/mol. The van der Waals surface area contributed by atoms with E-state index in [0.29, 0.717) is 28.9 Å². The van der Waals surface area contributed by atoms with E-state index in [-0.39, 0.29) is 11.9 Å². The molecule has 0 bridgehead atoms. The SMILES string of the molecule is C=CCSC1=NC(CC)=NC2=[N+](C)C(=O)N(C)C(=O)C12. The lowest BCUT2D eigenvalue weighted by Gasteiger charge is -2.26. The predicted octanol–water partition coefficient (Wildman–Crippen LogP) is 1.38. The molecule has 0 aromatic rings. The number of hydrogen-bond acceptors (Lipinski definition) is 5. The number of aliphatic imine (C=N–C) groups is 2. The molecule has 1 unspecified atom stereocenters. The predicted molar refractivity (Wildman–Crippen MR) is 80.7 cm³/mol. The van der Waals surface area contributed by atoms with Crippen LogP contribution in [0.15, 0.2) is 22.6 Å². The number of fused-ring (bicyclic) bond motifs is 1. The van der Waals surface area contributed by atoms with Gasteiger partial charge in [0.05, 0.1) is 14.1 Å². The van der Waals surface area contributed by atoms with E-state index in [4.69, 9.17) is 0 Å². The van der Waals surface area contributed by atoms with Crippen molar-refractivity contribution in [2.75, 3.05) is 19.8 Å². The standard InChI is InChI=1S/C13H17N4O2S/c1-5-7-20-11-9-10(14-8(6-2)15-11)16(3)13(19)17(4)12(9)18/h5,9H,1,6-7H2,2-4H3/q+1. The molecule has 2 heterocycles. The first-order valence-corrected chi connectivity index (χ1v) is 7.31. The van der Waals surface area contributed by atoms with E-state index < -0.39 is 5.92 Å². The summed E-state index contributed by atoms with van der Waals surface area (Å²) >= 11 is 1.46. The van der Waals surface area contributed by atoms with Crippen molar-refractivity contribution in [2.45, 2.75) is 13.3 Å². The molecule has 0 aromatic carbocycles. The maximum atomic E-state index is 12.4. The van der Waals surface area contributed by atoms with Gasteiger partial charge >= 0.3 is 11.9 Å². The molecule has 0 aromatic heterocycles. The summed E-state index contributed by atoms with van der Waals surface area (Å²) in [6.07, 6.45) is 2.41. The van der Waals surface area contributed by atoms with Crippen LogP contribution in [-0.2, 0) is 4.79 Å². The second kappa shape index (κ2) is 5.70. The molecular weight excluding hydrogens is 276 g/mol. The van der Waals surface area contributed by atoms with Crippen LogP contribution in [0, 0.1) is 5.92 Å². The van der Waals surface area contributed by atoms with Crippen molar-refractivity contribution in [2.24, 2.45) is 15.9 Å². The Morgan fingerprint density at radius 3 is 2.75 bits per heavy atom. The van der Waals surface area contributed by atoms with E-state index in [0.717, 1.165) is 4.90 Å². The van der Waals surface area contributed by atoms with Gasteiger partial charge in [0, 0.05) is 12.2 Å². The Balaban J connectivity index is 2.53. The molecule has 20 heavy (non-hydrogen) atoms. The summed E-state index contributed by atoms with van der Waals surface area (Å²) in [5.41, 5.74) is 0. The molecule has 2 aliphatic rings. The van der Waals surface area contributed by atoms with E-state index in [1.165, 1.54) is 23.4 Å². The third-order valence-electron chi connectivity index (χ3n) is 3.15. The third kappa shape index (κ3) is 2.33. The van der Waals surface area contributed by atoms with Crippen LogP contribution in [0.2, 0.25) is 0 Å². The molecule has 2 rings (SSSR count). The average Bonchev–Trinajstić information content (AvgIpc) is 2.47. The lowest BCUT2D eigenvalue weighted by Crippen LogP contribution is -2.54. The van der Waals surface area contributed by atoms with Gasteiger partial charge in [-0.1, -0.05) is 18.0 Å². The highest BCUT2D eigenvalue weighted by atomic mass is 32.2. The summed E-state index contributed by atoms with van der Waals surface area (Å²) in [6, 6.07) is -0.365. The molecule has 6 nitrogen and oxygen atoms in total. The van der Waals surface area contributed by atoms with Crippen molar-refractivity contribution in [3.63, 3.8) is 0 Å². The number of carbonyl (C=O) groups is 2. The Hall–Kier alpha value is -1.76. The van der Waals surface area contributed by atoms with Crippen molar-refractivity contribution < 1.29 is 14.2 Å². The van der Waals surface area contributed by atoms with Gasteiger partial charge in [0.15, 0.2) is 5.92 Å². The number of amides is 3. The number of rotatable bonds is 3. The van der Waals surface area contributed by atoms with Crippen LogP contribution in [0.25, 0.3) is 0 Å². The van der Waals surface area contributed by atoms with Gasteiger partial charge in [0.25, 0.3) is 5.84 Å². The Morgan fingerprint density at radius 2 is 2.15 bits per heavy atom. The molecular formula is C13H17N4O2S+. The minimum atomic E-state index is -0.581. The molecule has 0 radical (unpaired) electrons. The van der Waals surface area contributed by atoms with E-state index in [1.54, 1.807) is 13.1 Å². The van der Waals surface area contributed by atoms with Gasteiger partial charge in [-0.25, -0.2) is 9.79 Å². The zero-order chi connectivity index (χ0) is 14.9. The lowest BCUT2D eigenvalue weighted by molar-refractivity contribution is -0.407. The first kappa shape index (κ1) is 14.6. The van der Waals surface area contributed by atoms with Gasteiger partial charge in [-0.3, -0.25) is 4.79 Å². The van der Waals surface area contributed by atoms with Crippen molar-refractivity contribution in [1.82, 2.24) is 4.90 Å². The lowest BCUT2D eigenvalue weighted by atomic mass is 10.0. The van der Waals surface area contributed by atoms with Crippen molar-refractivity contribution in [3.05, 3.63) is 12.7 Å². The van der Waals surface area contributed by atoms with Crippen LogP contribution in [-0.4, -0.2) is 58.0 Å². The van der Waals surface area contributed by atoms with Crippen LogP contribution >= 0.6 is 11.8 Å². The third-order valence-corrected chi connectivity index (χ3v) is 4.17. The number of urea groups is 1. The van der Waals surface area contributed by atoms with Gasteiger partial charge in [-0.05, 0) is 0 Å². The number of nitrogens with zero attached hydrogens (tertiary/aromatic N) is 4. The zero-order valence-electron chi connectivity index (χ0n) is 11.8. The Labute approximate surface area is 122 Å². The zero-order valence-corrected chi connectivity index (χ0v) is 12.6. The summed E-state index contributed by atoms with van der Waals surface area (Å²) in [5.74, 6) is 0.908. The van der Waals surface area contributed by atoms with E-state index in [1.807, 2.05) is 6.92 Å². The Kier molecular flexibility index (Phi) is 4.17. The molecule has 0 N–H and O–H groups in total. The summed E-state index contributed by atoms with van der Waals surface area (Å²) < 4.78 is 1.42. The maximum absolute atomic E-state index is 12.4. The highest BCUT2D eigenvalue weighted by molar-refractivity contribution is 8.14. The fourth-order valence-electron chi connectivity index (χ4n) is 2.04. The smallest absolute Gasteiger partial charge is 0.255 e. The molecule has 0 saturated heterocycles. The van der Waals surface area contributed by atoms with Gasteiger partial charge in [0.2, 0.25) is 5.84 Å². The fourth-order valence-corrected chi connectivity index (χ4v) is 2.87. The molecule has 7 heteroatoms. The van der Waals surface area contributed by atoms with Gasteiger partial charge < -0.3 is 0 Å². The normalized spacial score (nSPS) is 22.6. The molecule has 0 spiro atoms. The fraction of sp³-hybridized carbons (Fsp3) is 0.462. The summed E-state index contributed by atoms with van der Waals surface area (Å²) in [7, 11) is 3.11. The molecule has 2 aliphatic heterocycles. The number of carbonyl (C=O) groups excluding carboxylic acids is 2. The topological polar surface area (TPSA) is 65.1 Å². The highest BCUT2D eigenvalue weighted by Crippen LogP contribution is 2.25. The van der Waals surface area contributed by atoms with Crippen LogP contribution in [0.5, 0.6) is 0 Å². The number of hydrogen-bond donors (Lipinski definition) is 0. The summed E-state index contributed by atoms with van der Waals surface area (Å²) in [5, 5.41) is 0.683. The maximum Gasteiger partial charge on any atom is 0.445 e. The number of amidine groups is 2. The summed E-state index contributed by atoms with van der Waals surface area (Å²) in [4.78, 5) is 34.3.